The fourth-order valence-corrected chi connectivity index (χ4v) is 2.58. The van der Waals surface area contributed by atoms with Gasteiger partial charge in [0.2, 0.25) is 5.88 Å². The summed E-state index contributed by atoms with van der Waals surface area (Å²) in [5.74, 6) is 2.14. The Morgan fingerprint density at radius 2 is 1.82 bits per heavy atom. The molecule has 0 aliphatic rings. The van der Waals surface area contributed by atoms with Crippen LogP contribution in [0.25, 0.3) is 0 Å². The van der Waals surface area contributed by atoms with E-state index in [-0.39, 0.29) is 5.91 Å². The van der Waals surface area contributed by atoms with E-state index in [0.29, 0.717) is 47.6 Å². The highest BCUT2D eigenvalue weighted by Crippen LogP contribution is 2.30. The molecule has 0 bridgehead atoms. The molecule has 2 aromatic heterocycles. The summed E-state index contributed by atoms with van der Waals surface area (Å²) in [7, 11) is 0. The summed E-state index contributed by atoms with van der Waals surface area (Å²) in [6.07, 6.45) is 3.20. The lowest BCUT2D eigenvalue weighted by molar-refractivity contribution is 0.0949. The SMILES string of the molecule is CCOc1ccccc1Oc1ccc(CNC(=O)c2cnc(C)nc2C)cn1. The second-order valence-corrected chi connectivity index (χ2v) is 6.09. The molecule has 1 aromatic carbocycles. The van der Waals surface area contributed by atoms with E-state index >= 15 is 0 Å². The number of aryl methyl sites for hydroxylation is 2. The number of para-hydroxylation sites is 2. The minimum absolute atomic E-state index is 0.219. The first-order valence-electron chi connectivity index (χ1n) is 9.00. The van der Waals surface area contributed by atoms with E-state index in [1.54, 1.807) is 26.1 Å². The Labute approximate surface area is 163 Å². The number of nitrogens with one attached hydrogen (secondary N) is 1. The van der Waals surface area contributed by atoms with E-state index in [9.17, 15) is 4.79 Å². The quantitative estimate of drug-likeness (QED) is 0.676. The van der Waals surface area contributed by atoms with Gasteiger partial charge in [-0.15, -0.1) is 0 Å². The van der Waals surface area contributed by atoms with Crippen LogP contribution in [0.5, 0.6) is 17.4 Å². The van der Waals surface area contributed by atoms with Gasteiger partial charge < -0.3 is 14.8 Å². The van der Waals surface area contributed by atoms with Crippen molar-refractivity contribution in [2.75, 3.05) is 6.61 Å². The third-order valence-electron chi connectivity index (χ3n) is 3.96. The van der Waals surface area contributed by atoms with Gasteiger partial charge >= 0.3 is 0 Å². The van der Waals surface area contributed by atoms with Gasteiger partial charge in [0.25, 0.3) is 5.91 Å². The Kier molecular flexibility index (Phi) is 6.16. The Bertz CT molecular complexity index is 958. The Morgan fingerprint density at radius 3 is 2.50 bits per heavy atom. The number of pyridine rings is 1. The summed E-state index contributed by atoms with van der Waals surface area (Å²) in [5, 5.41) is 2.85. The molecule has 0 fully saturated rings. The summed E-state index contributed by atoms with van der Waals surface area (Å²) in [4.78, 5) is 24.9. The lowest BCUT2D eigenvalue weighted by Crippen LogP contribution is -2.24. The first kappa shape index (κ1) is 19.3. The van der Waals surface area contributed by atoms with Crippen molar-refractivity contribution in [2.24, 2.45) is 0 Å². The number of nitrogens with zero attached hydrogens (tertiary/aromatic N) is 3. The molecule has 0 saturated heterocycles. The molecule has 0 aliphatic carbocycles. The zero-order valence-electron chi connectivity index (χ0n) is 16.1. The molecule has 3 aromatic rings. The molecule has 28 heavy (non-hydrogen) atoms. The van der Waals surface area contributed by atoms with Crippen molar-refractivity contribution < 1.29 is 14.3 Å². The number of aromatic nitrogens is 3. The molecule has 7 heteroatoms. The topological polar surface area (TPSA) is 86.2 Å². The first-order chi connectivity index (χ1) is 13.6. The van der Waals surface area contributed by atoms with Gasteiger partial charge in [0.15, 0.2) is 11.5 Å². The molecule has 1 amide bonds. The van der Waals surface area contributed by atoms with Crippen LogP contribution >= 0.6 is 0 Å². The minimum Gasteiger partial charge on any atom is -0.490 e. The van der Waals surface area contributed by atoms with Crippen LogP contribution in [0, 0.1) is 13.8 Å². The van der Waals surface area contributed by atoms with Crippen molar-refractivity contribution >= 4 is 5.91 Å². The van der Waals surface area contributed by atoms with E-state index in [0.717, 1.165) is 5.56 Å². The van der Waals surface area contributed by atoms with E-state index < -0.39 is 0 Å². The molecule has 0 atom stereocenters. The van der Waals surface area contributed by atoms with Crippen LogP contribution in [-0.2, 0) is 6.54 Å². The summed E-state index contributed by atoms with van der Waals surface area (Å²) in [5.41, 5.74) is 1.97. The van der Waals surface area contributed by atoms with Gasteiger partial charge in [-0.1, -0.05) is 18.2 Å². The number of ether oxygens (including phenoxy) is 2. The highest BCUT2D eigenvalue weighted by atomic mass is 16.5. The summed E-state index contributed by atoms with van der Waals surface area (Å²) in [6, 6.07) is 11.0. The molecule has 0 aliphatic heterocycles. The van der Waals surface area contributed by atoms with Crippen molar-refractivity contribution in [1.82, 2.24) is 20.3 Å². The summed E-state index contributed by atoms with van der Waals surface area (Å²) in [6.45, 7) is 6.39. The molecule has 0 unspecified atom stereocenters. The largest absolute Gasteiger partial charge is 0.490 e. The lowest BCUT2D eigenvalue weighted by atomic mass is 10.2. The fourth-order valence-electron chi connectivity index (χ4n) is 2.58. The maximum Gasteiger partial charge on any atom is 0.254 e. The molecule has 1 N–H and O–H groups in total. The molecule has 0 radical (unpaired) electrons. The van der Waals surface area contributed by atoms with Crippen LogP contribution in [0.1, 0.15) is 34.4 Å². The van der Waals surface area contributed by atoms with Crippen LogP contribution in [0.15, 0.2) is 48.8 Å². The molecule has 2 heterocycles. The maximum atomic E-state index is 12.3. The van der Waals surface area contributed by atoms with Crippen molar-refractivity contribution in [3.63, 3.8) is 0 Å². The third kappa shape index (κ3) is 4.82. The second kappa shape index (κ2) is 8.94. The van der Waals surface area contributed by atoms with Crippen molar-refractivity contribution in [3.05, 3.63) is 71.4 Å². The first-order valence-corrected chi connectivity index (χ1v) is 9.00. The number of amides is 1. The van der Waals surface area contributed by atoms with Crippen LogP contribution in [-0.4, -0.2) is 27.5 Å². The van der Waals surface area contributed by atoms with Gasteiger partial charge in [-0.2, -0.15) is 0 Å². The van der Waals surface area contributed by atoms with Crippen molar-refractivity contribution in [2.45, 2.75) is 27.3 Å². The summed E-state index contributed by atoms with van der Waals surface area (Å²) < 4.78 is 11.3. The normalized spacial score (nSPS) is 10.4. The number of rotatable bonds is 7. The number of hydrogen-bond donors (Lipinski definition) is 1. The fraction of sp³-hybridized carbons (Fsp3) is 0.238. The number of benzene rings is 1. The Hall–Kier alpha value is -3.48. The molecule has 0 spiro atoms. The minimum atomic E-state index is -0.219. The van der Waals surface area contributed by atoms with Crippen LogP contribution in [0.4, 0.5) is 0 Å². The van der Waals surface area contributed by atoms with E-state index in [1.165, 1.54) is 6.20 Å². The molecule has 3 rings (SSSR count). The zero-order valence-corrected chi connectivity index (χ0v) is 16.1. The van der Waals surface area contributed by atoms with Crippen molar-refractivity contribution in [3.8, 4) is 17.4 Å². The van der Waals surface area contributed by atoms with Gasteiger partial charge in [-0.3, -0.25) is 4.79 Å². The van der Waals surface area contributed by atoms with Crippen LogP contribution in [0.3, 0.4) is 0 Å². The smallest absolute Gasteiger partial charge is 0.254 e. The highest BCUT2D eigenvalue weighted by molar-refractivity contribution is 5.94. The third-order valence-corrected chi connectivity index (χ3v) is 3.96. The Morgan fingerprint density at radius 1 is 1.04 bits per heavy atom. The predicted molar refractivity (Wildman–Crippen MR) is 105 cm³/mol. The van der Waals surface area contributed by atoms with Gasteiger partial charge in [0.05, 0.1) is 17.9 Å². The van der Waals surface area contributed by atoms with Crippen LogP contribution < -0.4 is 14.8 Å². The van der Waals surface area contributed by atoms with E-state index in [4.69, 9.17) is 9.47 Å². The molecule has 144 valence electrons. The monoisotopic (exact) mass is 378 g/mol. The number of hydrogen-bond acceptors (Lipinski definition) is 6. The van der Waals surface area contributed by atoms with E-state index in [1.807, 2.05) is 37.3 Å². The number of carbonyl (C=O) groups is 1. The molecular formula is C21H22N4O3. The van der Waals surface area contributed by atoms with Gasteiger partial charge in [-0.25, -0.2) is 15.0 Å². The standard InChI is InChI=1S/C21H22N4O3/c1-4-27-18-7-5-6-8-19(18)28-20-10-9-16(11-23-20)12-24-21(26)17-13-22-15(3)25-14(17)2/h5-11,13H,4,12H2,1-3H3,(H,24,26). The average Bonchev–Trinajstić information content (AvgIpc) is 2.69. The summed E-state index contributed by atoms with van der Waals surface area (Å²) >= 11 is 0. The molecule has 0 saturated carbocycles. The van der Waals surface area contributed by atoms with Crippen LogP contribution in [0.2, 0.25) is 0 Å². The molecule has 7 nitrogen and oxygen atoms in total. The number of carbonyl (C=O) groups excluding carboxylic acids is 1. The Balaban J connectivity index is 1.61. The van der Waals surface area contributed by atoms with E-state index in [2.05, 4.69) is 20.3 Å². The maximum absolute atomic E-state index is 12.3. The van der Waals surface area contributed by atoms with Crippen molar-refractivity contribution in [1.29, 1.82) is 0 Å². The zero-order chi connectivity index (χ0) is 19.9. The predicted octanol–water partition coefficient (Wildman–Crippen LogP) is 3.61. The highest BCUT2D eigenvalue weighted by Gasteiger charge is 2.11. The second-order valence-electron chi connectivity index (χ2n) is 6.09. The molecular weight excluding hydrogens is 356 g/mol. The average molecular weight is 378 g/mol. The van der Waals surface area contributed by atoms with Gasteiger partial charge in [0.1, 0.15) is 5.82 Å². The van der Waals surface area contributed by atoms with Gasteiger partial charge in [0, 0.05) is 25.0 Å². The lowest BCUT2D eigenvalue weighted by Gasteiger charge is -2.11. The van der Waals surface area contributed by atoms with Gasteiger partial charge in [-0.05, 0) is 38.5 Å².